The number of carbonyl (C=O) groups is 1. The number of aromatic nitrogens is 2. The van der Waals surface area contributed by atoms with Crippen molar-refractivity contribution in [1.82, 2.24) is 9.97 Å². The van der Waals surface area contributed by atoms with E-state index in [1.807, 2.05) is 0 Å². The molecule has 0 N–H and O–H groups in total. The number of halogens is 1. The first-order chi connectivity index (χ1) is 6.75. The van der Waals surface area contributed by atoms with Gasteiger partial charge in [-0.2, -0.15) is 0 Å². The molecule has 0 saturated carbocycles. The highest BCUT2D eigenvalue weighted by molar-refractivity contribution is 6.29. The van der Waals surface area contributed by atoms with Gasteiger partial charge in [0.05, 0.1) is 0 Å². The second-order valence-electron chi connectivity index (χ2n) is 3.22. The molecular weight excluding hydrogens is 202 g/mol. The Bertz CT molecular complexity index is 346. The highest BCUT2D eigenvalue weighted by atomic mass is 35.5. The molecule has 1 aliphatic heterocycles. The first-order valence-electron chi connectivity index (χ1n) is 4.50. The molecule has 0 spiro atoms. The molecule has 14 heavy (non-hydrogen) atoms. The van der Waals surface area contributed by atoms with Crippen molar-refractivity contribution >= 4 is 23.2 Å². The maximum absolute atomic E-state index is 11.0. The fraction of sp³-hybridized carbons (Fsp3) is 0.444. The molecule has 0 unspecified atom stereocenters. The fourth-order valence-corrected chi connectivity index (χ4v) is 1.62. The van der Waals surface area contributed by atoms with Gasteiger partial charge in [0.1, 0.15) is 23.1 Å². The molecule has 0 aliphatic carbocycles. The van der Waals surface area contributed by atoms with Gasteiger partial charge in [0.15, 0.2) is 0 Å². The molecule has 1 aliphatic rings. The monoisotopic (exact) mass is 211 g/mol. The third kappa shape index (κ3) is 2.01. The molecule has 0 bridgehead atoms. The maximum Gasteiger partial charge on any atom is 0.136 e. The van der Waals surface area contributed by atoms with Crippen LogP contribution < -0.4 is 4.90 Å². The third-order valence-corrected chi connectivity index (χ3v) is 2.47. The molecule has 1 aromatic rings. The molecule has 0 amide bonds. The standard InChI is InChI=1S/C9H10ClN3O/c10-8-5-9(12-6-11-8)13-3-1-7(14)2-4-13/h5-6H,1-4H2. The lowest BCUT2D eigenvalue weighted by molar-refractivity contribution is -0.119. The van der Waals surface area contributed by atoms with Crippen molar-refractivity contribution in [3.63, 3.8) is 0 Å². The van der Waals surface area contributed by atoms with Gasteiger partial charge in [-0.05, 0) is 0 Å². The Kier molecular flexibility index (Phi) is 2.63. The van der Waals surface area contributed by atoms with Crippen LogP contribution in [0.4, 0.5) is 5.82 Å². The van der Waals surface area contributed by atoms with Gasteiger partial charge in [0.2, 0.25) is 0 Å². The molecule has 0 atom stereocenters. The Morgan fingerprint density at radius 1 is 1.29 bits per heavy atom. The molecule has 0 aromatic carbocycles. The van der Waals surface area contributed by atoms with E-state index >= 15 is 0 Å². The number of piperidine rings is 1. The van der Waals surface area contributed by atoms with Gasteiger partial charge in [0, 0.05) is 32.0 Å². The van der Waals surface area contributed by atoms with Gasteiger partial charge < -0.3 is 4.90 Å². The highest BCUT2D eigenvalue weighted by Gasteiger charge is 2.17. The number of Topliss-reactive ketones (excluding diaryl/α,β-unsaturated/α-hetero) is 1. The predicted octanol–water partition coefficient (Wildman–Crippen LogP) is 1.30. The van der Waals surface area contributed by atoms with Crippen LogP contribution in [0.2, 0.25) is 5.15 Å². The summed E-state index contributed by atoms with van der Waals surface area (Å²) in [5, 5.41) is 0.437. The Labute approximate surface area is 86.9 Å². The maximum atomic E-state index is 11.0. The zero-order chi connectivity index (χ0) is 9.97. The normalized spacial score (nSPS) is 17.2. The second kappa shape index (κ2) is 3.92. The number of nitrogens with zero attached hydrogens (tertiary/aromatic N) is 3. The molecule has 1 aromatic heterocycles. The zero-order valence-corrected chi connectivity index (χ0v) is 8.37. The van der Waals surface area contributed by atoms with E-state index in [4.69, 9.17) is 11.6 Å². The average Bonchev–Trinajstić information content (AvgIpc) is 2.19. The van der Waals surface area contributed by atoms with Gasteiger partial charge in [-0.3, -0.25) is 4.79 Å². The zero-order valence-electron chi connectivity index (χ0n) is 7.61. The molecular formula is C9H10ClN3O. The number of hydrogen-bond donors (Lipinski definition) is 0. The van der Waals surface area contributed by atoms with Crippen LogP contribution in [0.5, 0.6) is 0 Å². The van der Waals surface area contributed by atoms with Crippen molar-refractivity contribution in [3.8, 4) is 0 Å². The Morgan fingerprint density at radius 3 is 2.64 bits per heavy atom. The van der Waals surface area contributed by atoms with E-state index in [1.165, 1.54) is 6.33 Å². The first-order valence-corrected chi connectivity index (χ1v) is 4.88. The summed E-state index contributed by atoms with van der Waals surface area (Å²) in [5.74, 6) is 1.12. The molecule has 1 fully saturated rings. The van der Waals surface area contributed by atoms with Crippen LogP contribution in [-0.4, -0.2) is 28.8 Å². The minimum Gasteiger partial charge on any atom is -0.356 e. The smallest absolute Gasteiger partial charge is 0.136 e. The molecule has 4 nitrogen and oxygen atoms in total. The van der Waals surface area contributed by atoms with Crippen molar-refractivity contribution in [1.29, 1.82) is 0 Å². The van der Waals surface area contributed by atoms with Gasteiger partial charge >= 0.3 is 0 Å². The van der Waals surface area contributed by atoms with Gasteiger partial charge in [-0.15, -0.1) is 0 Å². The minimum atomic E-state index is 0.321. The Morgan fingerprint density at radius 2 is 2.00 bits per heavy atom. The number of hydrogen-bond acceptors (Lipinski definition) is 4. The molecule has 5 heteroatoms. The second-order valence-corrected chi connectivity index (χ2v) is 3.61. The molecule has 74 valence electrons. The van der Waals surface area contributed by atoms with Crippen molar-refractivity contribution in [2.24, 2.45) is 0 Å². The lowest BCUT2D eigenvalue weighted by atomic mass is 10.1. The third-order valence-electron chi connectivity index (χ3n) is 2.26. The summed E-state index contributed by atoms with van der Waals surface area (Å²) in [6, 6.07) is 1.72. The largest absolute Gasteiger partial charge is 0.356 e. The quantitative estimate of drug-likeness (QED) is 0.657. The van der Waals surface area contributed by atoms with Crippen molar-refractivity contribution < 1.29 is 4.79 Å². The summed E-state index contributed by atoms with van der Waals surface area (Å²) in [6.45, 7) is 1.46. The van der Waals surface area contributed by atoms with Crippen LogP contribution in [0.15, 0.2) is 12.4 Å². The van der Waals surface area contributed by atoms with Crippen molar-refractivity contribution in [2.45, 2.75) is 12.8 Å². The van der Waals surface area contributed by atoms with E-state index in [1.54, 1.807) is 6.07 Å². The van der Waals surface area contributed by atoms with E-state index < -0.39 is 0 Å². The minimum absolute atomic E-state index is 0.321. The van der Waals surface area contributed by atoms with Gasteiger partial charge in [-0.25, -0.2) is 9.97 Å². The van der Waals surface area contributed by atoms with Crippen LogP contribution in [0.3, 0.4) is 0 Å². The molecule has 1 saturated heterocycles. The number of anilines is 1. The van der Waals surface area contributed by atoms with Crippen LogP contribution in [-0.2, 0) is 4.79 Å². The van der Waals surface area contributed by atoms with Crippen molar-refractivity contribution in [2.75, 3.05) is 18.0 Å². The van der Waals surface area contributed by atoms with E-state index in [0.717, 1.165) is 18.9 Å². The summed E-state index contributed by atoms with van der Waals surface area (Å²) in [7, 11) is 0. The first kappa shape index (κ1) is 9.40. The van der Waals surface area contributed by atoms with Crippen molar-refractivity contribution in [3.05, 3.63) is 17.5 Å². The van der Waals surface area contributed by atoms with E-state index in [2.05, 4.69) is 14.9 Å². The number of rotatable bonds is 1. The number of ketones is 1. The summed E-state index contributed by atoms with van der Waals surface area (Å²) >= 11 is 5.75. The SMILES string of the molecule is O=C1CCN(c2cc(Cl)ncn2)CC1. The lowest BCUT2D eigenvalue weighted by Crippen LogP contribution is -2.34. The summed E-state index contributed by atoms with van der Waals surface area (Å²) in [4.78, 5) is 21.0. The highest BCUT2D eigenvalue weighted by Crippen LogP contribution is 2.17. The summed E-state index contributed by atoms with van der Waals surface area (Å²) < 4.78 is 0. The molecule has 0 radical (unpaired) electrons. The van der Waals surface area contributed by atoms with Crippen LogP contribution in [0, 0.1) is 0 Å². The average molecular weight is 212 g/mol. The predicted molar refractivity (Wildman–Crippen MR) is 53.5 cm³/mol. The lowest BCUT2D eigenvalue weighted by Gasteiger charge is -2.26. The van der Waals surface area contributed by atoms with Crippen LogP contribution >= 0.6 is 11.6 Å². The van der Waals surface area contributed by atoms with E-state index in [0.29, 0.717) is 23.8 Å². The molecule has 2 rings (SSSR count). The summed E-state index contributed by atoms with van der Waals surface area (Å²) in [5.41, 5.74) is 0. The van der Waals surface area contributed by atoms with Gasteiger partial charge in [-0.1, -0.05) is 11.6 Å². The van der Waals surface area contributed by atoms with Gasteiger partial charge in [0.25, 0.3) is 0 Å². The van der Waals surface area contributed by atoms with E-state index in [9.17, 15) is 4.79 Å². The van der Waals surface area contributed by atoms with E-state index in [-0.39, 0.29) is 0 Å². The fourth-order valence-electron chi connectivity index (χ4n) is 1.48. The van der Waals surface area contributed by atoms with Crippen LogP contribution in [0.1, 0.15) is 12.8 Å². The Balaban J connectivity index is 2.12. The van der Waals surface area contributed by atoms with Crippen LogP contribution in [0.25, 0.3) is 0 Å². The number of carbonyl (C=O) groups excluding carboxylic acids is 1. The summed E-state index contributed by atoms with van der Waals surface area (Å²) in [6.07, 6.45) is 2.64. The Hall–Kier alpha value is -1.16. The topological polar surface area (TPSA) is 46.1 Å². The molecule has 2 heterocycles.